The lowest BCUT2D eigenvalue weighted by Gasteiger charge is -2.25. The zero-order valence-corrected chi connectivity index (χ0v) is 17.7. The molecule has 2 aromatic carbocycles. The molecule has 0 saturated carbocycles. The van der Waals surface area contributed by atoms with Crippen molar-refractivity contribution >= 4 is 22.4 Å². The molecule has 1 N–H and O–H groups in total. The average molecular weight is 441 g/mol. The maximum atomic E-state index is 13.5. The fraction of sp³-hybridized carbons (Fsp3) is 0.154. The van der Waals surface area contributed by atoms with E-state index in [1.165, 1.54) is 12.1 Å². The molecule has 0 unspecified atom stereocenters. The predicted octanol–water partition coefficient (Wildman–Crippen LogP) is 5.28. The van der Waals surface area contributed by atoms with Crippen LogP contribution in [0.5, 0.6) is 5.75 Å². The highest BCUT2D eigenvalue weighted by molar-refractivity contribution is 5.95. The summed E-state index contributed by atoms with van der Waals surface area (Å²) in [5, 5.41) is 10.1. The van der Waals surface area contributed by atoms with Crippen LogP contribution in [0.4, 0.5) is 4.39 Å². The molecule has 0 saturated heterocycles. The second-order valence-corrected chi connectivity index (χ2v) is 7.79. The van der Waals surface area contributed by atoms with Crippen molar-refractivity contribution in [3.05, 3.63) is 95.3 Å². The third-order valence-corrected chi connectivity index (χ3v) is 5.74. The number of fused-ring (bicyclic) bond motifs is 1. The van der Waals surface area contributed by atoms with Gasteiger partial charge in [-0.25, -0.2) is 4.39 Å². The Hall–Kier alpha value is -4.31. The van der Waals surface area contributed by atoms with Gasteiger partial charge < -0.3 is 19.0 Å². The minimum Gasteiger partial charge on any atom is -0.484 e. The highest BCUT2D eigenvalue weighted by atomic mass is 19.1. The molecule has 5 rings (SSSR count). The van der Waals surface area contributed by atoms with Gasteiger partial charge >= 0.3 is 0 Å². The van der Waals surface area contributed by atoms with Crippen molar-refractivity contribution in [2.24, 2.45) is 0 Å². The molecule has 1 aliphatic rings. The molecule has 164 valence electrons. The number of amides is 1. The standard InChI is InChI=1S/C26H20FN3O3/c27-19-5-7-21-22(15-29-23(21)13-19)17-9-11-30(12-10-17)26(31)25-8-6-20(33-25)16-32-24-4-2-1-3-18(24)14-28/h1-9,13,15,29H,10-12,16H2. The molecule has 0 fully saturated rings. The van der Waals surface area contributed by atoms with Gasteiger partial charge in [-0.3, -0.25) is 4.79 Å². The lowest BCUT2D eigenvalue weighted by Crippen LogP contribution is -2.34. The van der Waals surface area contributed by atoms with Crippen LogP contribution in [0.25, 0.3) is 16.5 Å². The van der Waals surface area contributed by atoms with E-state index in [9.17, 15) is 9.18 Å². The van der Waals surface area contributed by atoms with Crippen LogP contribution >= 0.6 is 0 Å². The lowest BCUT2D eigenvalue weighted by atomic mass is 9.99. The van der Waals surface area contributed by atoms with Crippen LogP contribution in [-0.2, 0) is 6.61 Å². The Balaban J connectivity index is 1.24. The number of nitrogens with one attached hydrogen (secondary N) is 1. The highest BCUT2D eigenvalue weighted by Gasteiger charge is 2.23. The first-order valence-electron chi connectivity index (χ1n) is 10.6. The number of carbonyl (C=O) groups excluding carboxylic acids is 1. The molecule has 6 nitrogen and oxygen atoms in total. The number of aromatic nitrogens is 1. The molecule has 0 atom stereocenters. The van der Waals surface area contributed by atoms with Crippen molar-refractivity contribution in [3.63, 3.8) is 0 Å². The molecule has 2 aromatic heterocycles. The van der Waals surface area contributed by atoms with Crippen LogP contribution in [0.2, 0.25) is 0 Å². The summed E-state index contributed by atoms with van der Waals surface area (Å²) < 4.78 is 24.8. The van der Waals surface area contributed by atoms with E-state index in [1.54, 1.807) is 47.4 Å². The normalized spacial score (nSPS) is 13.6. The highest BCUT2D eigenvalue weighted by Crippen LogP contribution is 2.30. The molecule has 7 heteroatoms. The summed E-state index contributed by atoms with van der Waals surface area (Å²) in [5.74, 6) is 0.766. The van der Waals surface area contributed by atoms with E-state index in [2.05, 4.69) is 11.1 Å². The number of aromatic amines is 1. The number of benzene rings is 2. The van der Waals surface area contributed by atoms with E-state index in [4.69, 9.17) is 14.4 Å². The number of carbonyl (C=O) groups is 1. The first-order chi connectivity index (χ1) is 16.1. The number of furan rings is 1. The Morgan fingerprint density at radius 2 is 2.09 bits per heavy atom. The summed E-state index contributed by atoms with van der Waals surface area (Å²) in [5.41, 5.74) is 3.36. The molecular formula is C26H20FN3O3. The Morgan fingerprint density at radius 1 is 1.21 bits per heavy atom. The minimum absolute atomic E-state index is 0.122. The van der Waals surface area contributed by atoms with Crippen LogP contribution in [0.15, 0.2) is 71.3 Å². The monoisotopic (exact) mass is 441 g/mol. The Labute approximate surface area is 189 Å². The van der Waals surface area contributed by atoms with Gasteiger partial charge in [0, 0.05) is 35.8 Å². The average Bonchev–Trinajstić information content (AvgIpc) is 3.49. The van der Waals surface area contributed by atoms with Gasteiger partial charge in [0.15, 0.2) is 5.76 Å². The van der Waals surface area contributed by atoms with Crippen LogP contribution in [0.3, 0.4) is 0 Å². The van der Waals surface area contributed by atoms with Crippen LogP contribution in [0.1, 0.15) is 33.9 Å². The van der Waals surface area contributed by atoms with Crippen LogP contribution in [-0.4, -0.2) is 28.9 Å². The fourth-order valence-electron chi connectivity index (χ4n) is 4.02. The molecule has 3 heterocycles. The number of rotatable bonds is 5. The molecule has 1 aliphatic heterocycles. The third kappa shape index (κ3) is 4.11. The first kappa shape index (κ1) is 20.6. The van der Waals surface area contributed by atoms with Gasteiger partial charge in [0.1, 0.15) is 30.0 Å². The number of ether oxygens (including phenoxy) is 1. The van der Waals surface area contributed by atoms with E-state index < -0.39 is 0 Å². The van der Waals surface area contributed by atoms with E-state index in [-0.39, 0.29) is 24.1 Å². The number of halogens is 1. The van der Waals surface area contributed by atoms with E-state index >= 15 is 0 Å². The van der Waals surface area contributed by atoms with Crippen LogP contribution in [0, 0.1) is 17.1 Å². The molecule has 33 heavy (non-hydrogen) atoms. The van der Waals surface area contributed by atoms with E-state index in [0.717, 1.165) is 22.0 Å². The zero-order chi connectivity index (χ0) is 22.8. The maximum absolute atomic E-state index is 13.5. The molecular weight excluding hydrogens is 421 g/mol. The molecule has 0 bridgehead atoms. The van der Waals surface area contributed by atoms with Gasteiger partial charge in [-0.1, -0.05) is 18.2 Å². The van der Waals surface area contributed by atoms with Gasteiger partial charge in [0.05, 0.1) is 5.56 Å². The third-order valence-electron chi connectivity index (χ3n) is 5.74. The summed E-state index contributed by atoms with van der Waals surface area (Å²) in [6.45, 7) is 1.14. The molecule has 0 spiro atoms. The minimum atomic E-state index is -0.275. The summed E-state index contributed by atoms with van der Waals surface area (Å²) in [4.78, 5) is 17.7. The second kappa shape index (κ2) is 8.67. The van der Waals surface area contributed by atoms with Gasteiger partial charge in [-0.15, -0.1) is 0 Å². The number of hydrogen-bond acceptors (Lipinski definition) is 4. The number of para-hydroxylation sites is 1. The van der Waals surface area contributed by atoms with Gasteiger partial charge in [0.2, 0.25) is 0 Å². The maximum Gasteiger partial charge on any atom is 0.289 e. The summed E-state index contributed by atoms with van der Waals surface area (Å²) in [6, 6.07) is 17.1. The van der Waals surface area contributed by atoms with E-state index in [0.29, 0.717) is 36.6 Å². The van der Waals surface area contributed by atoms with E-state index in [1.807, 2.05) is 12.3 Å². The Kier molecular flexibility index (Phi) is 5.41. The van der Waals surface area contributed by atoms with Crippen molar-refractivity contribution in [2.75, 3.05) is 13.1 Å². The summed E-state index contributed by atoms with van der Waals surface area (Å²) >= 11 is 0. The fourth-order valence-corrected chi connectivity index (χ4v) is 4.02. The number of nitrogens with zero attached hydrogens (tertiary/aromatic N) is 2. The van der Waals surface area contributed by atoms with Gasteiger partial charge in [0.25, 0.3) is 5.91 Å². The smallest absolute Gasteiger partial charge is 0.289 e. The number of nitriles is 1. The second-order valence-electron chi connectivity index (χ2n) is 7.79. The van der Waals surface area contributed by atoms with Crippen molar-refractivity contribution in [3.8, 4) is 11.8 Å². The van der Waals surface area contributed by atoms with Crippen molar-refractivity contribution in [1.82, 2.24) is 9.88 Å². The largest absolute Gasteiger partial charge is 0.484 e. The first-order valence-corrected chi connectivity index (χ1v) is 10.6. The molecule has 1 amide bonds. The Morgan fingerprint density at radius 3 is 2.91 bits per heavy atom. The lowest BCUT2D eigenvalue weighted by molar-refractivity contribution is 0.0737. The van der Waals surface area contributed by atoms with Gasteiger partial charge in [-0.05, 0) is 54.5 Å². The SMILES string of the molecule is N#Cc1ccccc1OCc1ccc(C(=O)N2CC=C(c3c[nH]c4cc(F)ccc34)CC2)o1. The van der Waals surface area contributed by atoms with Crippen LogP contribution < -0.4 is 4.74 Å². The van der Waals surface area contributed by atoms with Crippen molar-refractivity contribution in [2.45, 2.75) is 13.0 Å². The van der Waals surface area contributed by atoms with Gasteiger partial charge in [-0.2, -0.15) is 5.26 Å². The summed E-state index contributed by atoms with van der Waals surface area (Å²) in [7, 11) is 0. The number of hydrogen-bond donors (Lipinski definition) is 1. The molecule has 4 aromatic rings. The quantitative estimate of drug-likeness (QED) is 0.457. The molecule has 0 radical (unpaired) electrons. The van der Waals surface area contributed by atoms with Crippen molar-refractivity contribution < 1.29 is 18.3 Å². The Bertz CT molecular complexity index is 1410. The predicted molar refractivity (Wildman–Crippen MR) is 121 cm³/mol. The summed E-state index contributed by atoms with van der Waals surface area (Å²) in [6.07, 6.45) is 4.60. The molecule has 0 aliphatic carbocycles. The number of H-pyrrole nitrogens is 1. The van der Waals surface area contributed by atoms with Crippen molar-refractivity contribution in [1.29, 1.82) is 5.26 Å². The topological polar surface area (TPSA) is 82.3 Å². The zero-order valence-electron chi connectivity index (χ0n) is 17.7.